The molecule has 5 heteroatoms. The molecule has 28 heavy (non-hydrogen) atoms. The molecule has 0 bridgehead atoms. The van der Waals surface area contributed by atoms with Gasteiger partial charge in [-0.2, -0.15) is 5.26 Å². The molecule has 0 aliphatic carbocycles. The van der Waals surface area contributed by atoms with Crippen molar-refractivity contribution in [2.45, 2.75) is 12.0 Å². The average Bonchev–Trinajstić information content (AvgIpc) is 2.73. The van der Waals surface area contributed by atoms with Crippen LogP contribution in [0.25, 0.3) is 11.1 Å². The topological polar surface area (TPSA) is 76.1 Å². The van der Waals surface area contributed by atoms with E-state index in [4.69, 9.17) is 15.7 Å². The summed E-state index contributed by atoms with van der Waals surface area (Å²) in [5, 5.41) is 8.93. The van der Waals surface area contributed by atoms with Crippen molar-refractivity contribution in [3.63, 3.8) is 0 Å². The summed E-state index contributed by atoms with van der Waals surface area (Å²) in [5.41, 5.74) is 6.81. The van der Waals surface area contributed by atoms with E-state index in [0.29, 0.717) is 16.7 Å². The smallest absolute Gasteiger partial charge is 0.254 e. The van der Waals surface area contributed by atoms with Crippen molar-refractivity contribution in [2.75, 3.05) is 7.11 Å². The van der Waals surface area contributed by atoms with Gasteiger partial charge in [-0.05, 0) is 34.9 Å². The molecule has 0 radical (unpaired) electrons. The predicted molar refractivity (Wildman–Crippen MR) is 105 cm³/mol. The Morgan fingerprint density at radius 3 is 2.29 bits per heavy atom. The minimum absolute atomic E-state index is 0.0478. The molecule has 0 saturated carbocycles. The minimum atomic E-state index is -1.66. The Kier molecular flexibility index (Phi) is 5.53. The fraction of sp³-hybridized carbons (Fsp3) is 0.130. The Labute approximate surface area is 163 Å². The van der Waals surface area contributed by atoms with E-state index in [9.17, 15) is 4.79 Å². The van der Waals surface area contributed by atoms with Crippen molar-refractivity contribution < 1.29 is 13.9 Å². The third-order valence-corrected chi connectivity index (χ3v) is 4.79. The molecule has 0 spiro atoms. The highest BCUT2D eigenvalue weighted by molar-refractivity contribution is 5.86. The fourth-order valence-electron chi connectivity index (χ4n) is 3.24. The molecule has 0 heterocycles. The van der Waals surface area contributed by atoms with Crippen molar-refractivity contribution in [2.24, 2.45) is 5.73 Å². The minimum Gasteiger partial charge on any atom is -0.367 e. The lowest BCUT2D eigenvalue weighted by Crippen LogP contribution is -2.45. The number of carbonyl (C=O) groups is 1. The number of amides is 1. The van der Waals surface area contributed by atoms with Gasteiger partial charge < -0.3 is 10.5 Å². The largest absolute Gasteiger partial charge is 0.367 e. The van der Waals surface area contributed by atoms with Crippen LogP contribution in [0.4, 0.5) is 4.39 Å². The van der Waals surface area contributed by atoms with Crippen LogP contribution in [0.15, 0.2) is 72.8 Å². The van der Waals surface area contributed by atoms with Gasteiger partial charge >= 0.3 is 0 Å². The maximum absolute atomic E-state index is 15.1. The summed E-state index contributed by atoms with van der Waals surface area (Å²) < 4.78 is 20.6. The molecular formula is C23H19FN2O2. The monoisotopic (exact) mass is 374 g/mol. The van der Waals surface area contributed by atoms with Crippen molar-refractivity contribution in [3.8, 4) is 17.2 Å². The normalized spacial score (nSPS) is 12.8. The summed E-state index contributed by atoms with van der Waals surface area (Å²) in [7, 11) is 1.33. The van der Waals surface area contributed by atoms with E-state index in [2.05, 4.69) is 0 Å². The highest BCUT2D eigenvalue weighted by atomic mass is 19.1. The number of hydrogen-bond donors (Lipinski definition) is 1. The van der Waals surface area contributed by atoms with Crippen molar-refractivity contribution in [1.29, 1.82) is 5.26 Å². The van der Waals surface area contributed by atoms with Crippen LogP contribution < -0.4 is 5.73 Å². The van der Waals surface area contributed by atoms with Gasteiger partial charge in [0.15, 0.2) is 5.60 Å². The number of benzene rings is 3. The molecule has 4 nitrogen and oxygen atoms in total. The number of nitriles is 1. The number of rotatable bonds is 6. The lowest BCUT2D eigenvalue weighted by atomic mass is 9.84. The molecule has 0 aromatic heterocycles. The Bertz CT molecular complexity index is 1030. The highest BCUT2D eigenvalue weighted by Crippen LogP contribution is 2.33. The van der Waals surface area contributed by atoms with E-state index in [1.807, 2.05) is 36.4 Å². The number of nitrogens with two attached hydrogens (primary N) is 1. The molecule has 1 unspecified atom stereocenters. The highest BCUT2D eigenvalue weighted by Gasteiger charge is 2.41. The summed E-state index contributed by atoms with van der Waals surface area (Å²) in [6.45, 7) is 0. The van der Waals surface area contributed by atoms with Gasteiger partial charge in [0.05, 0.1) is 11.6 Å². The van der Waals surface area contributed by atoms with E-state index < -0.39 is 17.3 Å². The third-order valence-electron chi connectivity index (χ3n) is 4.79. The van der Waals surface area contributed by atoms with E-state index >= 15 is 4.39 Å². The van der Waals surface area contributed by atoms with Crippen LogP contribution >= 0.6 is 0 Å². The first-order chi connectivity index (χ1) is 13.5. The van der Waals surface area contributed by atoms with E-state index in [-0.39, 0.29) is 12.0 Å². The van der Waals surface area contributed by atoms with Crippen LogP contribution in [0.3, 0.4) is 0 Å². The molecule has 0 aliphatic heterocycles. The predicted octanol–water partition coefficient (Wildman–Crippen LogP) is 3.93. The molecule has 1 amide bonds. The van der Waals surface area contributed by atoms with Gasteiger partial charge in [-0.15, -0.1) is 0 Å². The quantitative estimate of drug-likeness (QED) is 0.710. The number of hydrogen-bond acceptors (Lipinski definition) is 3. The molecular weight excluding hydrogens is 355 g/mol. The Morgan fingerprint density at radius 1 is 1.07 bits per heavy atom. The van der Waals surface area contributed by atoms with Crippen LogP contribution in [-0.4, -0.2) is 13.0 Å². The van der Waals surface area contributed by atoms with Crippen LogP contribution in [-0.2, 0) is 21.6 Å². The van der Waals surface area contributed by atoms with Gasteiger partial charge in [-0.1, -0.05) is 54.6 Å². The summed E-state index contributed by atoms with van der Waals surface area (Å²) in [6, 6.07) is 22.7. The maximum atomic E-state index is 15.1. The van der Waals surface area contributed by atoms with Gasteiger partial charge in [0.2, 0.25) is 0 Å². The molecule has 3 aromatic rings. The molecule has 3 aromatic carbocycles. The second kappa shape index (κ2) is 8.03. The summed E-state index contributed by atoms with van der Waals surface area (Å²) in [4.78, 5) is 12.4. The Balaban J connectivity index is 2.03. The van der Waals surface area contributed by atoms with E-state index in [0.717, 1.165) is 5.56 Å². The zero-order valence-corrected chi connectivity index (χ0v) is 15.4. The van der Waals surface area contributed by atoms with Gasteiger partial charge in [0.1, 0.15) is 5.82 Å². The van der Waals surface area contributed by atoms with Crippen molar-refractivity contribution >= 4 is 5.91 Å². The molecule has 0 fully saturated rings. The number of primary amides is 1. The van der Waals surface area contributed by atoms with E-state index in [1.54, 1.807) is 30.3 Å². The number of methoxy groups -OCH3 is 1. The van der Waals surface area contributed by atoms with Crippen LogP contribution in [0.1, 0.15) is 16.7 Å². The second-order valence-corrected chi connectivity index (χ2v) is 6.44. The van der Waals surface area contributed by atoms with Crippen LogP contribution in [0.5, 0.6) is 0 Å². The number of halogens is 1. The lowest BCUT2D eigenvalue weighted by molar-refractivity contribution is -0.141. The van der Waals surface area contributed by atoms with Crippen molar-refractivity contribution in [3.05, 3.63) is 95.3 Å². The first kappa shape index (κ1) is 19.3. The average molecular weight is 374 g/mol. The standard InChI is InChI=1S/C23H19FN2O2/c1-28-23(22(26)27,14-16-7-9-17(15-25)10-8-16)20-12-11-19(13-21(20)24)18-5-3-2-4-6-18/h2-13H,14H2,1H3,(H2,26,27). The summed E-state index contributed by atoms with van der Waals surface area (Å²) in [5.74, 6) is -1.36. The zero-order valence-electron chi connectivity index (χ0n) is 15.4. The Morgan fingerprint density at radius 2 is 1.75 bits per heavy atom. The number of ether oxygens (including phenoxy) is 1. The van der Waals surface area contributed by atoms with E-state index in [1.165, 1.54) is 19.2 Å². The number of nitrogens with zero attached hydrogens (tertiary/aromatic N) is 1. The second-order valence-electron chi connectivity index (χ2n) is 6.44. The first-order valence-electron chi connectivity index (χ1n) is 8.69. The molecule has 2 N–H and O–H groups in total. The maximum Gasteiger partial charge on any atom is 0.254 e. The molecule has 0 aliphatic rings. The molecule has 0 saturated heterocycles. The van der Waals surface area contributed by atoms with Gasteiger partial charge in [-0.25, -0.2) is 4.39 Å². The number of carbonyl (C=O) groups excluding carboxylic acids is 1. The van der Waals surface area contributed by atoms with Gasteiger partial charge in [-0.3, -0.25) is 4.79 Å². The Hall–Kier alpha value is -3.49. The SMILES string of the molecule is COC(Cc1ccc(C#N)cc1)(C(N)=O)c1ccc(-c2ccccc2)cc1F. The van der Waals surface area contributed by atoms with Gasteiger partial charge in [0, 0.05) is 19.1 Å². The molecule has 140 valence electrons. The first-order valence-corrected chi connectivity index (χ1v) is 8.69. The zero-order chi connectivity index (χ0) is 20.1. The lowest BCUT2D eigenvalue weighted by Gasteiger charge is -2.30. The molecule has 3 rings (SSSR count). The third kappa shape index (κ3) is 3.64. The van der Waals surface area contributed by atoms with Crippen LogP contribution in [0.2, 0.25) is 0 Å². The van der Waals surface area contributed by atoms with Crippen LogP contribution in [0, 0.1) is 17.1 Å². The van der Waals surface area contributed by atoms with Crippen molar-refractivity contribution in [1.82, 2.24) is 0 Å². The van der Waals surface area contributed by atoms with Gasteiger partial charge in [0.25, 0.3) is 5.91 Å². The molecule has 1 atom stereocenters. The fourth-order valence-corrected chi connectivity index (χ4v) is 3.24. The summed E-state index contributed by atoms with van der Waals surface area (Å²) >= 11 is 0. The summed E-state index contributed by atoms with van der Waals surface area (Å²) in [6.07, 6.45) is 0.0478.